The zero-order valence-electron chi connectivity index (χ0n) is 32.8. The number of halogens is 1. The standard InChI is InChI=1S/C50H44FN7/c1-6-15-38(16-7-2)50(39-18-10-8-11-19-39,40-20-12-9-13-21-40)58-46-24-23-35(37-27-42(30-52-29-37)54-34(5)25-33(3)4)28-43(46)48(57-58)49-55-45-32-53-31-44(47(45)56-49)36-17-14-22-41(51)26-36/h6-24,26-33,54H,1,5,25H2,2-4H3,(H,55,56)/b16-7-,38-15+. The number of benzene rings is 4. The molecule has 0 aliphatic rings. The van der Waals surface area contributed by atoms with Crippen LogP contribution in [0.5, 0.6) is 0 Å². The number of hydrogen-bond acceptors (Lipinski definition) is 5. The van der Waals surface area contributed by atoms with Gasteiger partial charge < -0.3 is 10.3 Å². The van der Waals surface area contributed by atoms with Gasteiger partial charge in [0, 0.05) is 34.6 Å². The zero-order valence-corrected chi connectivity index (χ0v) is 32.8. The number of H-pyrrole nitrogens is 1. The summed E-state index contributed by atoms with van der Waals surface area (Å²) < 4.78 is 16.6. The van der Waals surface area contributed by atoms with Crippen molar-refractivity contribution < 1.29 is 4.39 Å². The van der Waals surface area contributed by atoms with Gasteiger partial charge in [0.25, 0.3) is 0 Å². The quantitative estimate of drug-likeness (QED) is 0.114. The monoisotopic (exact) mass is 761 g/mol. The predicted octanol–water partition coefficient (Wildman–Crippen LogP) is 12.3. The van der Waals surface area contributed by atoms with Crippen LogP contribution in [0.2, 0.25) is 0 Å². The molecule has 0 saturated heterocycles. The second-order valence-electron chi connectivity index (χ2n) is 14.8. The van der Waals surface area contributed by atoms with Crippen LogP contribution in [-0.2, 0) is 5.54 Å². The minimum Gasteiger partial charge on any atom is -0.358 e. The van der Waals surface area contributed by atoms with Crippen LogP contribution in [0.3, 0.4) is 0 Å². The van der Waals surface area contributed by atoms with Gasteiger partial charge in [0.1, 0.15) is 17.1 Å². The van der Waals surface area contributed by atoms with Crippen molar-refractivity contribution in [1.29, 1.82) is 0 Å². The zero-order chi connectivity index (χ0) is 40.2. The van der Waals surface area contributed by atoms with Crippen LogP contribution in [-0.4, -0.2) is 29.7 Å². The second-order valence-corrected chi connectivity index (χ2v) is 14.8. The predicted molar refractivity (Wildman–Crippen MR) is 236 cm³/mol. The number of anilines is 1. The Morgan fingerprint density at radius 2 is 1.59 bits per heavy atom. The lowest BCUT2D eigenvalue weighted by Crippen LogP contribution is -2.39. The highest BCUT2D eigenvalue weighted by Gasteiger charge is 2.42. The number of rotatable bonds is 13. The fraction of sp³-hybridized carbons (Fsp3) is 0.120. The number of pyridine rings is 2. The van der Waals surface area contributed by atoms with Gasteiger partial charge in [-0.25, -0.2) is 14.1 Å². The fourth-order valence-corrected chi connectivity index (χ4v) is 7.88. The number of allylic oxidation sites excluding steroid dienone is 6. The SMILES string of the molecule is C=C/C=C(\C=C/C)C(c1ccccc1)(c1ccccc1)n1nc(-c2nc3c(-c4cccc(F)c4)cncc3[nH]2)c2cc(-c3cncc(NC(=C)CC(C)C)c3)ccc21. The van der Waals surface area contributed by atoms with Gasteiger partial charge in [0.05, 0.1) is 34.6 Å². The van der Waals surface area contributed by atoms with Crippen LogP contribution in [0, 0.1) is 11.7 Å². The van der Waals surface area contributed by atoms with Crippen LogP contribution in [0.25, 0.3) is 55.7 Å². The molecule has 4 aromatic carbocycles. The third kappa shape index (κ3) is 7.05. The van der Waals surface area contributed by atoms with Crippen LogP contribution in [0.15, 0.2) is 183 Å². The molecule has 0 aliphatic heterocycles. The lowest BCUT2D eigenvalue weighted by atomic mass is 9.76. The smallest absolute Gasteiger partial charge is 0.159 e. The van der Waals surface area contributed by atoms with E-state index in [2.05, 4.69) is 137 Å². The number of hydrogen-bond donors (Lipinski definition) is 2. The summed E-state index contributed by atoms with van der Waals surface area (Å²) in [5.74, 6) is 0.694. The summed E-state index contributed by atoms with van der Waals surface area (Å²) >= 11 is 0. The maximum Gasteiger partial charge on any atom is 0.159 e. The molecule has 8 rings (SSSR count). The van der Waals surface area contributed by atoms with Gasteiger partial charge in [-0.3, -0.25) is 9.97 Å². The Morgan fingerprint density at radius 3 is 2.28 bits per heavy atom. The number of aromatic nitrogens is 6. The van der Waals surface area contributed by atoms with E-state index in [-0.39, 0.29) is 5.82 Å². The van der Waals surface area contributed by atoms with Gasteiger partial charge in [0.2, 0.25) is 0 Å². The van der Waals surface area contributed by atoms with Crippen molar-refractivity contribution in [2.45, 2.75) is 32.7 Å². The molecule has 4 heterocycles. The van der Waals surface area contributed by atoms with Gasteiger partial charge in [-0.05, 0) is 77.4 Å². The summed E-state index contributed by atoms with van der Waals surface area (Å²) in [6.07, 6.45) is 16.1. The molecule has 0 bridgehead atoms. The molecule has 0 aliphatic carbocycles. The fourth-order valence-electron chi connectivity index (χ4n) is 7.88. The normalized spacial score (nSPS) is 12.2. The molecule has 0 unspecified atom stereocenters. The van der Waals surface area contributed by atoms with E-state index in [0.717, 1.165) is 56.5 Å². The summed E-state index contributed by atoms with van der Waals surface area (Å²) in [6.45, 7) is 14.8. The van der Waals surface area contributed by atoms with Gasteiger partial charge in [0.15, 0.2) is 5.82 Å². The summed E-state index contributed by atoms with van der Waals surface area (Å²) in [6, 6.07) is 35.8. The van der Waals surface area contributed by atoms with E-state index >= 15 is 0 Å². The van der Waals surface area contributed by atoms with Crippen molar-refractivity contribution in [1.82, 2.24) is 29.7 Å². The highest BCUT2D eigenvalue weighted by atomic mass is 19.1. The van der Waals surface area contributed by atoms with Crippen LogP contribution >= 0.6 is 0 Å². The highest BCUT2D eigenvalue weighted by Crippen LogP contribution is 2.45. The van der Waals surface area contributed by atoms with E-state index in [1.807, 2.05) is 49.7 Å². The Hall–Kier alpha value is -7.19. The number of fused-ring (bicyclic) bond motifs is 2. The van der Waals surface area contributed by atoms with Crippen molar-refractivity contribution in [3.8, 4) is 33.8 Å². The highest BCUT2D eigenvalue weighted by molar-refractivity contribution is 5.99. The van der Waals surface area contributed by atoms with E-state index in [9.17, 15) is 4.39 Å². The third-order valence-electron chi connectivity index (χ3n) is 10.2. The summed E-state index contributed by atoms with van der Waals surface area (Å²) in [5.41, 5.74) is 10.0. The van der Waals surface area contributed by atoms with Gasteiger partial charge in [-0.2, -0.15) is 5.10 Å². The Bertz CT molecular complexity index is 2790. The number of imidazole rings is 1. The van der Waals surface area contributed by atoms with Crippen LogP contribution in [0.4, 0.5) is 10.1 Å². The second kappa shape index (κ2) is 16.1. The first kappa shape index (κ1) is 37.7. The number of nitrogens with one attached hydrogen (secondary N) is 2. The molecular formula is C50H44FN7. The average Bonchev–Trinajstić information content (AvgIpc) is 3.84. The molecule has 286 valence electrons. The molecule has 0 spiro atoms. The minimum atomic E-state index is -0.955. The minimum absolute atomic E-state index is 0.330. The number of aromatic amines is 1. The summed E-state index contributed by atoms with van der Waals surface area (Å²) in [5, 5.41) is 9.92. The van der Waals surface area contributed by atoms with Crippen molar-refractivity contribution in [3.63, 3.8) is 0 Å². The molecule has 0 radical (unpaired) electrons. The van der Waals surface area contributed by atoms with Crippen molar-refractivity contribution in [3.05, 3.63) is 200 Å². The first-order valence-corrected chi connectivity index (χ1v) is 19.4. The molecule has 2 N–H and O–H groups in total. The van der Waals surface area contributed by atoms with E-state index in [0.29, 0.717) is 39.6 Å². The Morgan fingerprint density at radius 1 is 0.845 bits per heavy atom. The molecule has 4 aromatic heterocycles. The number of nitrogens with zero attached hydrogens (tertiary/aromatic N) is 5. The molecule has 0 amide bonds. The lowest BCUT2D eigenvalue weighted by molar-refractivity contribution is 0.476. The van der Waals surface area contributed by atoms with Crippen molar-refractivity contribution >= 4 is 27.6 Å². The van der Waals surface area contributed by atoms with Crippen molar-refractivity contribution in [2.24, 2.45) is 5.92 Å². The lowest BCUT2D eigenvalue weighted by Gasteiger charge is -2.37. The molecule has 58 heavy (non-hydrogen) atoms. The van der Waals surface area contributed by atoms with E-state index in [1.165, 1.54) is 12.1 Å². The summed E-state index contributed by atoms with van der Waals surface area (Å²) in [7, 11) is 0. The first-order valence-electron chi connectivity index (χ1n) is 19.4. The maximum atomic E-state index is 14.5. The molecule has 0 atom stereocenters. The van der Waals surface area contributed by atoms with Crippen LogP contribution < -0.4 is 5.32 Å². The topological polar surface area (TPSA) is 84.3 Å². The molecule has 0 fully saturated rings. The average molecular weight is 762 g/mol. The van der Waals surface area contributed by atoms with Crippen LogP contribution in [0.1, 0.15) is 38.3 Å². The van der Waals surface area contributed by atoms with E-state index < -0.39 is 5.54 Å². The first-order chi connectivity index (χ1) is 28.3. The molecule has 7 nitrogen and oxygen atoms in total. The van der Waals surface area contributed by atoms with Crippen molar-refractivity contribution in [2.75, 3.05) is 5.32 Å². The Kier molecular flexibility index (Phi) is 10.5. The van der Waals surface area contributed by atoms with E-state index in [1.54, 1.807) is 18.5 Å². The largest absolute Gasteiger partial charge is 0.358 e. The van der Waals surface area contributed by atoms with Gasteiger partial charge >= 0.3 is 0 Å². The summed E-state index contributed by atoms with van der Waals surface area (Å²) in [4.78, 5) is 17.9. The molecule has 8 heteroatoms. The maximum absolute atomic E-state index is 14.5. The Balaban J connectivity index is 1.43. The van der Waals surface area contributed by atoms with E-state index in [4.69, 9.17) is 10.1 Å². The van der Waals surface area contributed by atoms with Gasteiger partial charge in [-0.15, -0.1) is 0 Å². The Labute approximate surface area is 338 Å². The third-order valence-corrected chi connectivity index (χ3v) is 10.2. The molecule has 8 aromatic rings. The van der Waals surface area contributed by atoms with Gasteiger partial charge in [-0.1, -0.05) is 130 Å². The molecule has 0 saturated carbocycles. The molecular weight excluding hydrogens is 718 g/mol.